The highest BCUT2D eigenvalue weighted by molar-refractivity contribution is 6.45. The standard InChI is InChI=1S/C26H23FN2O2/c1-17-9-14-22(18(2)15-17)29-25(30)23(20-10-12-21(27)13-11-20)24(26(29)31)28(3)16-19-7-5-4-6-8-19/h4-15H,16H2,1-3H3. The van der Waals surface area contributed by atoms with E-state index in [1.54, 1.807) is 18.0 Å². The summed E-state index contributed by atoms with van der Waals surface area (Å²) < 4.78 is 13.5. The maximum absolute atomic E-state index is 13.6. The van der Waals surface area contributed by atoms with E-state index in [-0.39, 0.29) is 11.5 Å². The highest BCUT2D eigenvalue weighted by Crippen LogP contribution is 2.36. The first kappa shape index (κ1) is 20.5. The van der Waals surface area contributed by atoms with Crippen LogP contribution in [0.4, 0.5) is 10.1 Å². The van der Waals surface area contributed by atoms with E-state index in [2.05, 4.69) is 0 Å². The summed E-state index contributed by atoms with van der Waals surface area (Å²) in [4.78, 5) is 30.1. The summed E-state index contributed by atoms with van der Waals surface area (Å²) in [5.41, 5.74) is 4.57. The summed E-state index contributed by atoms with van der Waals surface area (Å²) in [6.45, 7) is 4.30. The zero-order valence-electron chi connectivity index (χ0n) is 17.7. The maximum atomic E-state index is 13.6. The van der Waals surface area contributed by atoms with Crippen LogP contribution in [0, 0.1) is 19.7 Å². The molecule has 0 unspecified atom stereocenters. The fourth-order valence-corrected chi connectivity index (χ4v) is 3.96. The molecule has 1 heterocycles. The van der Waals surface area contributed by atoms with E-state index in [9.17, 15) is 14.0 Å². The molecule has 4 rings (SSSR count). The van der Waals surface area contributed by atoms with Crippen LogP contribution in [-0.2, 0) is 16.1 Å². The number of hydrogen-bond acceptors (Lipinski definition) is 3. The summed E-state index contributed by atoms with van der Waals surface area (Å²) in [5, 5.41) is 0. The van der Waals surface area contributed by atoms with Crippen LogP contribution in [0.15, 0.2) is 78.5 Å². The van der Waals surface area contributed by atoms with Crippen LogP contribution in [-0.4, -0.2) is 23.8 Å². The molecule has 0 radical (unpaired) electrons. The molecule has 0 saturated carbocycles. The summed E-state index contributed by atoms with van der Waals surface area (Å²) in [5.74, 6) is -1.18. The normalized spacial score (nSPS) is 13.9. The van der Waals surface area contributed by atoms with E-state index >= 15 is 0 Å². The van der Waals surface area contributed by atoms with Crippen molar-refractivity contribution in [3.8, 4) is 0 Å². The van der Waals surface area contributed by atoms with E-state index in [4.69, 9.17) is 0 Å². The molecule has 0 spiro atoms. The summed E-state index contributed by atoms with van der Waals surface area (Å²) in [7, 11) is 1.79. The third kappa shape index (κ3) is 3.87. The van der Waals surface area contributed by atoms with E-state index in [0.29, 0.717) is 23.5 Å². The number of anilines is 1. The van der Waals surface area contributed by atoms with Crippen molar-refractivity contribution < 1.29 is 14.0 Å². The van der Waals surface area contributed by atoms with Crippen LogP contribution in [0.2, 0.25) is 0 Å². The fraction of sp³-hybridized carbons (Fsp3) is 0.154. The summed E-state index contributed by atoms with van der Waals surface area (Å²) in [6.07, 6.45) is 0. The van der Waals surface area contributed by atoms with Gasteiger partial charge in [0.1, 0.15) is 11.5 Å². The van der Waals surface area contributed by atoms with Crippen molar-refractivity contribution in [2.45, 2.75) is 20.4 Å². The molecule has 31 heavy (non-hydrogen) atoms. The van der Waals surface area contributed by atoms with Gasteiger partial charge in [0.05, 0.1) is 11.3 Å². The van der Waals surface area contributed by atoms with Gasteiger partial charge in [-0.3, -0.25) is 9.59 Å². The molecule has 0 N–H and O–H groups in total. The van der Waals surface area contributed by atoms with Gasteiger partial charge in [0.15, 0.2) is 0 Å². The van der Waals surface area contributed by atoms with Crippen molar-refractivity contribution >= 4 is 23.1 Å². The Morgan fingerprint density at radius 2 is 1.55 bits per heavy atom. The Morgan fingerprint density at radius 3 is 2.19 bits per heavy atom. The predicted octanol–water partition coefficient (Wildman–Crippen LogP) is 4.86. The third-order valence-electron chi connectivity index (χ3n) is 5.43. The van der Waals surface area contributed by atoms with E-state index < -0.39 is 11.7 Å². The molecule has 5 heteroatoms. The molecule has 156 valence electrons. The summed E-state index contributed by atoms with van der Waals surface area (Å²) >= 11 is 0. The molecule has 4 nitrogen and oxygen atoms in total. The topological polar surface area (TPSA) is 40.6 Å². The van der Waals surface area contributed by atoms with Gasteiger partial charge in [-0.1, -0.05) is 60.2 Å². The van der Waals surface area contributed by atoms with Crippen molar-refractivity contribution in [1.82, 2.24) is 4.90 Å². The number of likely N-dealkylation sites (N-methyl/N-ethyl adjacent to an activating group) is 1. The minimum absolute atomic E-state index is 0.281. The van der Waals surface area contributed by atoms with Gasteiger partial charge >= 0.3 is 0 Å². The molecule has 0 saturated heterocycles. The van der Waals surface area contributed by atoms with Gasteiger partial charge in [-0.2, -0.15) is 0 Å². The third-order valence-corrected chi connectivity index (χ3v) is 5.43. The average Bonchev–Trinajstić information content (AvgIpc) is 3.00. The van der Waals surface area contributed by atoms with Crippen molar-refractivity contribution in [3.63, 3.8) is 0 Å². The molecule has 0 bridgehead atoms. The lowest BCUT2D eigenvalue weighted by molar-refractivity contribution is -0.120. The largest absolute Gasteiger partial charge is 0.365 e. The minimum Gasteiger partial charge on any atom is -0.365 e. The molecule has 1 aliphatic rings. The summed E-state index contributed by atoms with van der Waals surface area (Å²) in [6, 6.07) is 21.0. The zero-order chi connectivity index (χ0) is 22.1. The Bertz CT molecular complexity index is 1180. The fourth-order valence-electron chi connectivity index (χ4n) is 3.96. The molecule has 2 amide bonds. The van der Waals surface area contributed by atoms with Gasteiger partial charge in [0.2, 0.25) is 0 Å². The molecule has 3 aromatic carbocycles. The van der Waals surface area contributed by atoms with E-state index in [1.807, 2.05) is 56.3 Å². The number of aryl methyl sites for hydroxylation is 2. The Morgan fingerprint density at radius 1 is 0.871 bits per heavy atom. The predicted molar refractivity (Wildman–Crippen MR) is 120 cm³/mol. The number of nitrogens with zero attached hydrogens (tertiary/aromatic N) is 2. The van der Waals surface area contributed by atoms with Crippen LogP contribution in [0.5, 0.6) is 0 Å². The number of imide groups is 1. The Hall–Kier alpha value is -3.73. The monoisotopic (exact) mass is 414 g/mol. The lowest BCUT2D eigenvalue weighted by Gasteiger charge is -2.22. The van der Waals surface area contributed by atoms with Crippen LogP contribution < -0.4 is 4.90 Å². The second-order valence-corrected chi connectivity index (χ2v) is 7.81. The number of halogens is 1. The van der Waals surface area contributed by atoms with Gasteiger partial charge < -0.3 is 4.90 Å². The molecule has 0 atom stereocenters. The number of hydrogen-bond donors (Lipinski definition) is 0. The number of carbonyl (C=O) groups is 2. The molecule has 0 aromatic heterocycles. The molecule has 3 aromatic rings. The first-order chi connectivity index (χ1) is 14.9. The number of benzene rings is 3. The second kappa shape index (κ2) is 8.19. The smallest absolute Gasteiger partial charge is 0.282 e. The average molecular weight is 414 g/mol. The lowest BCUT2D eigenvalue weighted by Crippen LogP contribution is -2.34. The van der Waals surface area contributed by atoms with Crippen LogP contribution >= 0.6 is 0 Å². The Balaban J connectivity index is 1.82. The Labute approximate surface area is 181 Å². The molecule has 0 aliphatic carbocycles. The molecule has 1 aliphatic heterocycles. The van der Waals surface area contributed by atoms with Gasteiger partial charge in [0.25, 0.3) is 11.8 Å². The van der Waals surface area contributed by atoms with Crippen molar-refractivity contribution in [2.75, 3.05) is 11.9 Å². The molecular formula is C26H23FN2O2. The second-order valence-electron chi connectivity index (χ2n) is 7.81. The van der Waals surface area contributed by atoms with Gasteiger partial charge in [-0.25, -0.2) is 9.29 Å². The van der Waals surface area contributed by atoms with Crippen molar-refractivity contribution in [2.24, 2.45) is 0 Å². The van der Waals surface area contributed by atoms with Gasteiger partial charge in [0, 0.05) is 13.6 Å². The first-order valence-corrected chi connectivity index (χ1v) is 10.1. The number of amides is 2. The SMILES string of the molecule is Cc1ccc(N2C(=O)C(c3ccc(F)cc3)=C(N(C)Cc3ccccc3)C2=O)c(C)c1. The van der Waals surface area contributed by atoms with Gasteiger partial charge in [-0.15, -0.1) is 0 Å². The molecule has 0 fully saturated rings. The van der Waals surface area contributed by atoms with Crippen LogP contribution in [0.3, 0.4) is 0 Å². The van der Waals surface area contributed by atoms with Crippen LogP contribution in [0.1, 0.15) is 22.3 Å². The number of carbonyl (C=O) groups excluding carboxylic acids is 2. The highest BCUT2D eigenvalue weighted by atomic mass is 19.1. The first-order valence-electron chi connectivity index (χ1n) is 10.1. The van der Waals surface area contributed by atoms with Gasteiger partial charge in [-0.05, 0) is 48.7 Å². The minimum atomic E-state index is -0.404. The quantitative estimate of drug-likeness (QED) is 0.560. The zero-order valence-corrected chi connectivity index (χ0v) is 17.7. The van der Waals surface area contributed by atoms with E-state index in [1.165, 1.54) is 29.2 Å². The molecular weight excluding hydrogens is 391 g/mol. The maximum Gasteiger partial charge on any atom is 0.282 e. The number of rotatable bonds is 5. The van der Waals surface area contributed by atoms with Crippen molar-refractivity contribution in [1.29, 1.82) is 0 Å². The Kier molecular flexibility index (Phi) is 5.42. The highest BCUT2D eigenvalue weighted by Gasteiger charge is 2.42. The van der Waals surface area contributed by atoms with Crippen molar-refractivity contribution in [3.05, 3.63) is 107 Å². The van der Waals surface area contributed by atoms with Crippen LogP contribution in [0.25, 0.3) is 5.57 Å². The van der Waals surface area contributed by atoms with E-state index in [0.717, 1.165) is 16.7 Å². The lowest BCUT2D eigenvalue weighted by atomic mass is 10.0.